The number of aldehydes is 1. The summed E-state index contributed by atoms with van der Waals surface area (Å²) in [6, 6.07) is 10.2. The van der Waals surface area contributed by atoms with Crippen LogP contribution in [-0.2, 0) is 4.79 Å². The number of benzene rings is 1. The van der Waals surface area contributed by atoms with E-state index in [-0.39, 0.29) is 5.92 Å². The summed E-state index contributed by atoms with van der Waals surface area (Å²) >= 11 is 0. The normalized spacial score (nSPS) is 11.3. The van der Waals surface area contributed by atoms with Gasteiger partial charge in [0, 0.05) is 5.92 Å². The molecule has 1 nitrogen and oxygen atoms in total. The molecule has 15 heavy (non-hydrogen) atoms. The Morgan fingerprint density at radius 2 is 2.07 bits per heavy atom. The summed E-state index contributed by atoms with van der Waals surface area (Å²) in [5, 5.41) is 0. The van der Waals surface area contributed by atoms with E-state index in [9.17, 15) is 4.79 Å². The predicted octanol–water partition coefficient (Wildman–Crippen LogP) is 3.16. The number of hydrogen-bond acceptors (Lipinski definition) is 1. The van der Waals surface area contributed by atoms with Crippen LogP contribution in [-0.4, -0.2) is 6.29 Å². The molecule has 0 bridgehead atoms. The molecule has 0 amide bonds. The van der Waals surface area contributed by atoms with Crippen LogP contribution in [0, 0.1) is 11.8 Å². The van der Waals surface area contributed by atoms with Crippen LogP contribution in [0.3, 0.4) is 0 Å². The van der Waals surface area contributed by atoms with Gasteiger partial charge in [-0.2, -0.15) is 0 Å². The van der Waals surface area contributed by atoms with Crippen molar-refractivity contribution in [3.8, 4) is 11.8 Å². The molecule has 0 spiro atoms. The first-order valence-corrected chi connectivity index (χ1v) is 5.38. The Kier molecular flexibility index (Phi) is 5.25. The highest BCUT2D eigenvalue weighted by atomic mass is 16.1. The third kappa shape index (κ3) is 3.99. The summed E-state index contributed by atoms with van der Waals surface area (Å²) < 4.78 is 0. The highest BCUT2D eigenvalue weighted by molar-refractivity contribution is 5.72. The lowest BCUT2D eigenvalue weighted by atomic mass is 9.94. The maximum absolute atomic E-state index is 10.2. The Morgan fingerprint density at radius 1 is 1.33 bits per heavy atom. The fourth-order valence-electron chi connectivity index (χ4n) is 1.55. The van der Waals surface area contributed by atoms with E-state index in [1.807, 2.05) is 18.2 Å². The predicted molar refractivity (Wildman–Crippen MR) is 62.5 cm³/mol. The van der Waals surface area contributed by atoms with Gasteiger partial charge in [-0.1, -0.05) is 56.0 Å². The average Bonchev–Trinajstić information content (AvgIpc) is 2.30. The van der Waals surface area contributed by atoms with Gasteiger partial charge in [0.25, 0.3) is 0 Å². The smallest absolute Gasteiger partial charge is 0.192 e. The maximum atomic E-state index is 10.2. The third-order valence-corrected chi connectivity index (χ3v) is 2.36. The van der Waals surface area contributed by atoms with Gasteiger partial charge in [0.1, 0.15) is 0 Å². The summed E-state index contributed by atoms with van der Waals surface area (Å²) in [7, 11) is 0. The largest absolute Gasteiger partial charge is 0.289 e. The van der Waals surface area contributed by atoms with Crippen molar-refractivity contribution in [3.63, 3.8) is 0 Å². The van der Waals surface area contributed by atoms with Crippen LogP contribution < -0.4 is 0 Å². The van der Waals surface area contributed by atoms with Gasteiger partial charge in [0.15, 0.2) is 6.29 Å². The summed E-state index contributed by atoms with van der Waals surface area (Å²) in [6.45, 7) is 2.16. The second-order valence-corrected chi connectivity index (χ2v) is 3.51. The van der Waals surface area contributed by atoms with Gasteiger partial charge >= 0.3 is 0 Å². The van der Waals surface area contributed by atoms with Crippen molar-refractivity contribution in [1.29, 1.82) is 0 Å². The monoisotopic (exact) mass is 200 g/mol. The number of carbonyl (C=O) groups is 1. The quantitative estimate of drug-likeness (QED) is 0.539. The van der Waals surface area contributed by atoms with Crippen molar-refractivity contribution >= 4 is 6.29 Å². The lowest BCUT2D eigenvalue weighted by molar-refractivity contribution is -0.103. The van der Waals surface area contributed by atoms with E-state index < -0.39 is 0 Å². The van der Waals surface area contributed by atoms with E-state index >= 15 is 0 Å². The van der Waals surface area contributed by atoms with Gasteiger partial charge < -0.3 is 0 Å². The molecule has 0 N–H and O–H groups in total. The molecule has 78 valence electrons. The molecule has 1 unspecified atom stereocenters. The molecule has 0 saturated carbocycles. The molecule has 0 saturated heterocycles. The van der Waals surface area contributed by atoms with Crippen LogP contribution in [0.1, 0.15) is 37.7 Å². The Morgan fingerprint density at radius 3 is 2.67 bits per heavy atom. The van der Waals surface area contributed by atoms with E-state index in [0.717, 1.165) is 19.3 Å². The van der Waals surface area contributed by atoms with Gasteiger partial charge in [-0.15, -0.1) is 0 Å². The van der Waals surface area contributed by atoms with Crippen LogP contribution in [0.5, 0.6) is 0 Å². The highest BCUT2D eigenvalue weighted by Crippen LogP contribution is 2.20. The molecule has 0 aliphatic carbocycles. The second kappa shape index (κ2) is 6.84. The van der Waals surface area contributed by atoms with Gasteiger partial charge in [0.2, 0.25) is 0 Å². The van der Waals surface area contributed by atoms with Crippen molar-refractivity contribution in [1.82, 2.24) is 0 Å². The first kappa shape index (κ1) is 11.5. The molecule has 0 radical (unpaired) electrons. The molecule has 0 aromatic heterocycles. The molecular weight excluding hydrogens is 184 g/mol. The molecule has 1 aromatic rings. The van der Waals surface area contributed by atoms with E-state index in [1.54, 1.807) is 0 Å². The van der Waals surface area contributed by atoms with Crippen LogP contribution in [0.2, 0.25) is 0 Å². The van der Waals surface area contributed by atoms with E-state index in [1.165, 1.54) is 5.56 Å². The topological polar surface area (TPSA) is 17.1 Å². The molecule has 1 atom stereocenters. The number of rotatable bonds is 4. The molecule has 1 aromatic carbocycles. The van der Waals surface area contributed by atoms with Gasteiger partial charge in [-0.25, -0.2) is 0 Å². The first-order valence-electron chi connectivity index (χ1n) is 5.38. The molecule has 0 fully saturated rings. The number of carbonyl (C=O) groups excluding carboxylic acids is 1. The van der Waals surface area contributed by atoms with Crippen molar-refractivity contribution in [2.75, 3.05) is 0 Å². The van der Waals surface area contributed by atoms with Crippen LogP contribution >= 0.6 is 0 Å². The first-order chi connectivity index (χ1) is 7.38. The zero-order chi connectivity index (χ0) is 10.9. The van der Waals surface area contributed by atoms with E-state index in [2.05, 4.69) is 30.9 Å². The Balaban J connectivity index is 2.76. The second-order valence-electron chi connectivity index (χ2n) is 3.51. The van der Waals surface area contributed by atoms with Gasteiger partial charge in [0.05, 0.1) is 0 Å². The van der Waals surface area contributed by atoms with Crippen molar-refractivity contribution in [3.05, 3.63) is 35.9 Å². The van der Waals surface area contributed by atoms with Crippen LogP contribution in [0.25, 0.3) is 0 Å². The summed E-state index contributed by atoms with van der Waals surface area (Å²) in [5.41, 5.74) is 1.21. The number of hydrogen-bond donors (Lipinski definition) is 0. The van der Waals surface area contributed by atoms with E-state index in [4.69, 9.17) is 0 Å². The molecular formula is C14H16O. The van der Waals surface area contributed by atoms with Gasteiger partial charge in [-0.3, -0.25) is 4.79 Å². The molecule has 0 aliphatic rings. The standard InChI is InChI=1S/C14H16O/c1-2-3-8-13(11-7-12-15)14-9-5-4-6-10-14/h4-6,9-10,12-13H,2-3,8H2,1H3. The summed E-state index contributed by atoms with van der Waals surface area (Å²) in [5.74, 6) is 5.73. The van der Waals surface area contributed by atoms with Crippen molar-refractivity contribution in [2.24, 2.45) is 0 Å². The maximum Gasteiger partial charge on any atom is 0.192 e. The average molecular weight is 200 g/mol. The molecule has 0 aliphatic heterocycles. The SMILES string of the molecule is CCCCC(C#CC=O)c1ccccc1. The Bertz CT molecular complexity index is 343. The van der Waals surface area contributed by atoms with Crippen molar-refractivity contribution < 1.29 is 4.79 Å². The zero-order valence-corrected chi connectivity index (χ0v) is 9.07. The lowest BCUT2D eigenvalue weighted by Crippen LogP contribution is -1.95. The minimum atomic E-state index is 0.205. The Labute approximate surface area is 91.5 Å². The third-order valence-electron chi connectivity index (χ3n) is 2.36. The fourth-order valence-corrected chi connectivity index (χ4v) is 1.55. The van der Waals surface area contributed by atoms with Crippen LogP contribution in [0.15, 0.2) is 30.3 Å². The lowest BCUT2D eigenvalue weighted by Gasteiger charge is -2.09. The fraction of sp³-hybridized carbons (Fsp3) is 0.357. The minimum absolute atomic E-state index is 0.205. The van der Waals surface area contributed by atoms with Crippen LogP contribution in [0.4, 0.5) is 0 Å². The highest BCUT2D eigenvalue weighted by Gasteiger charge is 2.06. The summed E-state index contributed by atoms with van der Waals surface area (Å²) in [6.07, 6.45) is 4.00. The molecule has 0 heterocycles. The number of unbranched alkanes of at least 4 members (excludes halogenated alkanes) is 1. The molecule has 1 rings (SSSR count). The Hall–Kier alpha value is -1.55. The summed E-state index contributed by atoms with van der Waals surface area (Å²) in [4.78, 5) is 10.2. The minimum Gasteiger partial charge on any atom is -0.289 e. The van der Waals surface area contributed by atoms with E-state index in [0.29, 0.717) is 6.29 Å². The van der Waals surface area contributed by atoms with Crippen molar-refractivity contribution in [2.45, 2.75) is 32.1 Å². The zero-order valence-electron chi connectivity index (χ0n) is 9.07. The van der Waals surface area contributed by atoms with Gasteiger partial charge in [-0.05, 0) is 17.9 Å². The molecule has 1 heteroatoms.